The number of halogens is 1. The standard InChI is InChI=1S/C24H24N8O.ClH/c1-13-3-2-8-26-22(13)30-24(33)16-6-4-15(5-7-16)20-19-21(25)28-12-29-23(19)32(31-20)18-10-14-9-17(18)27-11-14;/h2-8,12,14,17-18,27H,9-11H2,1H3,(H2,25,28,29)(H,26,30,33);1H/t14-,17?,18?;/m1./s1. The van der Waals surface area contributed by atoms with Crippen molar-refractivity contribution in [2.24, 2.45) is 5.92 Å². The number of hydrogen-bond donors (Lipinski definition) is 3. The first-order valence-corrected chi connectivity index (χ1v) is 11.1. The molecule has 4 aromatic rings. The van der Waals surface area contributed by atoms with E-state index in [2.05, 4.69) is 25.6 Å². The van der Waals surface area contributed by atoms with Crippen LogP contribution in [0.5, 0.6) is 0 Å². The van der Waals surface area contributed by atoms with Gasteiger partial charge < -0.3 is 16.4 Å². The van der Waals surface area contributed by atoms with E-state index in [0.717, 1.165) is 40.8 Å². The second-order valence-electron chi connectivity index (χ2n) is 8.87. The number of nitrogen functional groups attached to an aromatic ring is 1. The van der Waals surface area contributed by atoms with Gasteiger partial charge >= 0.3 is 0 Å². The van der Waals surface area contributed by atoms with E-state index in [-0.39, 0.29) is 24.4 Å². The van der Waals surface area contributed by atoms with E-state index in [1.54, 1.807) is 18.3 Å². The average Bonchev–Trinajstić information content (AvgIpc) is 3.55. The molecule has 2 unspecified atom stereocenters. The molecule has 1 aliphatic heterocycles. The molecule has 34 heavy (non-hydrogen) atoms. The van der Waals surface area contributed by atoms with Crippen LogP contribution in [0.4, 0.5) is 11.6 Å². The van der Waals surface area contributed by atoms with Gasteiger partial charge in [0.15, 0.2) is 5.65 Å². The third kappa shape index (κ3) is 3.66. The van der Waals surface area contributed by atoms with Crippen molar-refractivity contribution >= 4 is 41.0 Å². The van der Waals surface area contributed by atoms with Crippen LogP contribution in [0, 0.1) is 12.8 Å². The lowest BCUT2D eigenvalue weighted by atomic mass is 10.1. The molecule has 9 nitrogen and oxygen atoms in total. The predicted octanol–water partition coefficient (Wildman–Crippen LogP) is 3.38. The van der Waals surface area contributed by atoms with E-state index < -0.39 is 0 Å². The zero-order chi connectivity index (χ0) is 22.5. The van der Waals surface area contributed by atoms with Crippen LogP contribution in [0.25, 0.3) is 22.3 Å². The van der Waals surface area contributed by atoms with Crippen LogP contribution < -0.4 is 16.4 Å². The lowest BCUT2D eigenvalue weighted by Crippen LogP contribution is -2.35. The minimum absolute atomic E-state index is 0. The number of nitrogens with zero attached hydrogens (tertiary/aromatic N) is 5. The van der Waals surface area contributed by atoms with Crippen LogP contribution >= 0.6 is 12.4 Å². The van der Waals surface area contributed by atoms with Gasteiger partial charge in [0, 0.05) is 23.4 Å². The molecule has 10 heteroatoms. The number of pyridine rings is 1. The molecule has 3 aromatic heterocycles. The molecule has 6 rings (SSSR count). The van der Waals surface area contributed by atoms with Gasteiger partial charge in [0.2, 0.25) is 0 Å². The van der Waals surface area contributed by atoms with Crippen LogP contribution in [0.2, 0.25) is 0 Å². The molecule has 2 aliphatic rings. The summed E-state index contributed by atoms with van der Waals surface area (Å²) in [5.41, 5.74) is 10.1. The van der Waals surface area contributed by atoms with Crippen LogP contribution in [0.15, 0.2) is 48.9 Å². The second-order valence-corrected chi connectivity index (χ2v) is 8.87. The van der Waals surface area contributed by atoms with Crippen molar-refractivity contribution in [3.8, 4) is 11.3 Å². The number of carbonyl (C=O) groups excluding carboxylic acids is 1. The fraction of sp³-hybridized carbons (Fsp3) is 0.292. The summed E-state index contributed by atoms with van der Waals surface area (Å²) in [7, 11) is 0. The van der Waals surface area contributed by atoms with E-state index in [4.69, 9.17) is 10.8 Å². The van der Waals surface area contributed by atoms with Gasteiger partial charge in [-0.05, 0) is 56.0 Å². The van der Waals surface area contributed by atoms with Gasteiger partial charge in [-0.15, -0.1) is 12.4 Å². The largest absolute Gasteiger partial charge is 0.383 e. The van der Waals surface area contributed by atoms with E-state index in [1.165, 1.54) is 12.7 Å². The van der Waals surface area contributed by atoms with Crippen molar-refractivity contribution in [2.45, 2.75) is 31.8 Å². The highest BCUT2D eigenvalue weighted by Crippen LogP contribution is 2.41. The minimum Gasteiger partial charge on any atom is -0.383 e. The maximum Gasteiger partial charge on any atom is 0.256 e. The van der Waals surface area contributed by atoms with Crippen molar-refractivity contribution in [2.75, 3.05) is 17.6 Å². The van der Waals surface area contributed by atoms with Crippen molar-refractivity contribution in [3.63, 3.8) is 0 Å². The Labute approximate surface area is 202 Å². The smallest absolute Gasteiger partial charge is 0.256 e. The Morgan fingerprint density at radius 2 is 1.97 bits per heavy atom. The van der Waals surface area contributed by atoms with Crippen LogP contribution in [0.1, 0.15) is 34.8 Å². The maximum atomic E-state index is 12.7. The number of aromatic nitrogens is 5. The molecule has 174 valence electrons. The summed E-state index contributed by atoms with van der Waals surface area (Å²) in [4.78, 5) is 25.7. The predicted molar refractivity (Wildman–Crippen MR) is 133 cm³/mol. The number of anilines is 2. The van der Waals surface area contributed by atoms with Crippen molar-refractivity contribution in [1.29, 1.82) is 0 Å². The van der Waals surface area contributed by atoms with E-state index in [1.807, 2.05) is 35.9 Å². The molecule has 3 atom stereocenters. The van der Waals surface area contributed by atoms with Crippen LogP contribution in [-0.4, -0.2) is 43.2 Å². The Balaban J connectivity index is 0.00000241. The zero-order valence-corrected chi connectivity index (χ0v) is 19.4. The first kappa shape index (κ1) is 22.2. The molecule has 0 radical (unpaired) electrons. The van der Waals surface area contributed by atoms with Crippen molar-refractivity contribution in [1.82, 2.24) is 30.0 Å². The van der Waals surface area contributed by atoms with E-state index in [0.29, 0.717) is 29.2 Å². The molecule has 4 heterocycles. The molecular formula is C24H25ClN8O. The molecule has 1 aromatic carbocycles. The number of hydrogen-bond acceptors (Lipinski definition) is 7. The molecule has 1 amide bonds. The number of piperidine rings is 1. The van der Waals surface area contributed by atoms with Crippen LogP contribution in [0.3, 0.4) is 0 Å². The number of carbonyl (C=O) groups is 1. The first-order valence-electron chi connectivity index (χ1n) is 11.1. The van der Waals surface area contributed by atoms with E-state index in [9.17, 15) is 4.79 Å². The van der Waals surface area contributed by atoms with Crippen molar-refractivity contribution in [3.05, 3.63) is 60.0 Å². The summed E-state index contributed by atoms with van der Waals surface area (Å²) < 4.78 is 2.02. The Bertz CT molecular complexity index is 1370. The summed E-state index contributed by atoms with van der Waals surface area (Å²) in [6, 6.07) is 11.7. The molecule has 0 spiro atoms. The van der Waals surface area contributed by atoms with Crippen molar-refractivity contribution < 1.29 is 4.79 Å². The highest BCUT2D eigenvalue weighted by Gasteiger charge is 2.42. The summed E-state index contributed by atoms with van der Waals surface area (Å²) in [5.74, 6) is 1.43. The van der Waals surface area contributed by atoms with E-state index >= 15 is 0 Å². The third-order valence-corrected chi connectivity index (χ3v) is 6.79. The number of benzene rings is 1. The number of aryl methyl sites for hydroxylation is 1. The monoisotopic (exact) mass is 476 g/mol. The maximum absolute atomic E-state index is 12.7. The molecule has 1 saturated heterocycles. The fourth-order valence-electron chi connectivity index (χ4n) is 5.10. The summed E-state index contributed by atoms with van der Waals surface area (Å²) in [6.45, 7) is 2.98. The van der Waals surface area contributed by atoms with Gasteiger partial charge in [0.1, 0.15) is 23.7 Å². The number of rotatable bonds is 4. The average molecular weight is 477 g/mol. The van der Waals surface area contributed by atoms with Gasteiger partial charge in [-0.25, -0.2) is 19.6 Å². The summed E-state index contributed by atoms with van der Waals surface area (Å²) in [5, 5.41) is 12.2. The zero-order valence-electron chi connectivity index (χ0n) is 18.6. The first-order chi connectivity index (χ1) is 16.1. The molecule has 4 N–H and O–H groups in total. The van der Waals surface area contributed by atoms with Gasteiger partial charge in [-0.2, -0.15) is 5.10 Å². The Kier molecular flexibility index (Phi) is 5.66. The molecule has 1 aliphatic carbocycles. The molecular weight excluding hydrogens is 452 g/mol. The minimum atomic E-state index is -0.213. The lowest BCUT2D eigenvalue weighted by molar-refractivity contribution is 0.102. The Hall–Kier alpha value is -3.56. The summed E-state index contributed by atoms with van der Waals surface area (Å²) >= 11 is 0. The van der Waals surface area contributed by atoms with Gasteiger partial charge in [-0.1, -0.05) is 18.2 Å². The molecule has 1 saturated carbocycles. The van der Waals surface area contributed by atoms with Gasteiger partial charge in [-0.3, -0.25) is 4.79 Å². The normalized spacial score (nSPS) is 20.9. The number of amides is 1. The molecule has 2 bridgehead atoms. The Morgan fingerprint density at radius 3 is 2.68 bits per heavy atom. The van der Waals surface area contributed by atoms with Gasteiger partial charge in [0.25, 0.3) is 5.91 Å². The topological polar surface area (TPSA) is 124 Å². The van der Waals surface area contributed by atoms with Gasteiger partial charge in [0.05, 0.1) is 11.4 Å². The lowest BCUT2D eigenvalue weighted by Gasteiger charge is -2.23. The highest BCUT2D eigenvalue weighted by molar-refractivity contribution is 6.05. The third-order valence-electron chi connectivity index (χ3n) is 6.79. The fourth-order valence-corrected chi connectivity index (χ4v) is 5.10. The SMILES string of the molecule is Cc1cccnc1NC(=O)c1ccc(-c2nn(C3C[C@@H]4CNC3C4)c3ncnc(N)c23)cc1.Cl. The molecule has 2 fully saturated rings. The van der Waals surface area contributed by atoms with Crippen LogP contribution in [-0.2, 0) is 0 Å². The Morgan fingerprint density at radius 1 is 1.15 bits per heavy atom. The second kappa shape index (κ2) is 8.66. The highest BCUT2D eigenvalue weighted by atomic mass is 35.5. The quantitative estimate of drug-likeness (QED) is 0.412. The number of fused-ring (bicyclic) bond motifs is 3. The number of nitrogens with one attached hydrogen (secondary N) is 2. The number of nitrogens with two attached hydrogens (primary N) is 1. The summed E-state index contributed by atoms with van der Waals surface area (Å²) in [6.07, 6.45) is 5.41.